The van der Waals surface area contributed by atoms with Crippen molar-refractivity contribution in [1.29, 1.82) is 0 Å². The molecule has 2 aliphatic rings. The fourth-order valence-electron chi connectivity index (χ4n) is 3.77. The Labute approximate surface area is 151 Å². The lowest BCUT2D eigenvalue weighted by atomic mass is 9.93. The third-order valence-electron chi connectivity index (χ3n) is 4.98. The molecule has 0 saturated heterocycles. The summed E-state index contributed by atoms with van der Waals surface area (Å²) >= 11 is 0. The zero-order valence-corrected chi connectivity index (χ0v) is 15.3. The van der Waals surface area contributed by atoms with Gasteiger partial charge in [0.15, 0.2) is 23.0 Å². The molecule has 0 radical (unpaired) electrons. The fraction of sp³-hybridized carbons (Fsp3) is 0.238. The molecular formula is C21H21NO4. The first-order valence-corrected chi connectivity index (χ1v) is 8.39. The van der Waals surface area contributed by atoms with E-state index in [0.717, 1.165) is 33.0 Å². The number of hydrogen-bond acceptors (Lipinski definition) is 5. The minimum Gasteiger partial charge on any atom is -0.504 e. The Morgan fingerprint density at radius 2 is 1.50 bits per heavy atom. The molecule has 2 aromatic carbocycles. The van der Waals surface area contributed by atoms with E-state index in [9.17, 15) is 5.11 Å². The normalized spacial score (nSPS) is 14.5. The van der Waals surface area contributed by atoms with Gasteiger partial charge in [0.2, 0.25) is 0 Å². The molecule has 0 bridgehead atoms. The van der Waals surface area contributed by atoms with Gasteiger partial charge >= 0.3 is 0 Å². The fourth-order valence-corrected chi connectivity index (χ4v) is 3.77. The highest BCUT2D eigenvalue weighted by Crippen LogP contribution is 2.28. The molecule has 4 rings (SSSR count). The zero-order valence-electron chi connectivity index (χ0n) is 15.3. The number of phenols is 1. The van der Waals surface area contributed by atoms with Crippen molar-refractivity contribution < 1.29 is 19.3 Å². The van der Waals surface area contributed by atoms with Crippen molar-refractivity contribution >= 4 is 23.5 Å². The van der Waals surface area contributed by atoms with Crippen molar-refractivity contribution in [3.8, 4) is 23.0 Å². The van der Waals surface area contributed by atoms with Crippen LogP contribution in [0.1, 0.15) is 6.42 Å². The largest absolute Gasteiger partial charge is 0.504 e. The van der Waals surface area contributed by atoms with Crippen LogP contribution in [0.25, 0.3) is 23.5 Å². The van der Waals surface area contributed by atoms with Crippen molar-refractivity contribution in [3.05, 3.63) is 45.1 Å². The minimum atomic E-state index is 0.154. The summed E-state index contributed by atoms with van der Waals surface area (Å²) in [6, 6.07) is 7.69. The molecule has 0 fully saturated rings. The van der Waals surface area contributed by atoms with Crippen molar-refractivity contribution in [1.82, 2.24) is 4.90 Å². The summed E-state index contributed by atoms with van der Waals surface area (Å²) < 4.78 is 16.2. The van der Waals surface area contributed by atoms with Crippen LogP contribution in [0.15, 0.2) is 24.3 Å². The van der Waals surface area contributed by atoms with Crippen LogP contribution in [-0.4, -0.2) is 38.4 Å². The average molecular weight is 351 g/mol. The van der Waals surface area contributed by atoms with Gasteiger partial charge in [-0.25, -0.2) is 0 Å². The molecule has 5 nitrogen and oxygen atoms in total. The first-order valence-electron chi connectivity index (χ1n) is 8.39. The Morgan fingerprint density at radius 3 is 2.19 bits per heavy atom. The van der Waals surface area contributed by atoms with E-state index in [1.165, 1.54) is 5.57 Å². The lowest BCUT2D eigenvalue weighted by molar-refractivity contribution is 0.354. The maximum Gasteiger partial charge on any atom is 0.161 e. The number of fused-ring (bicyclic) bond motifs is 3. The summed E-state index contributed by atoms with van der Waals surface area (Å²) in [6.07, 6.45) is 4.99. The van der Waals surface area contributed by atoms with E-state index in [1.807, 2.05) is 25.2 Å². The van der Waals surface area contributed by atoms with Gasteiger partial charge < -0.3 is 24.2 Å². The molecule has 2 aromatic rings. The van der Waals surface area contributed by atoms with Crippen molar-refractivity contribution in [2.75, 3.05) is 28.4 Å². The number of phenolic OH excluding ortho intramolecular Hbond substituents is 1. The van der Waals surface area contributed by atoms with E-state index < -0.39 is 0 Å². The third kappa shape index (κ3) is 2.31. The van der Waals surface area contributed by atoms with Crippen molar-refractivity contribution in [2.24, 2.45) is 0 Å². The Balaban J connectivity index is 2.13. The zero-order chi connectivity index (χ0) is 18.4. The van der Waals surface area contributed by atoms with Gasteiger partial charge in [-0.1, -0.05) is 6.08 Å². The van der Waals surface area contributed by atoms with Crippen LogP contribution in [0.3, 0.4) is 0 Å². The van der Waals surface area contributed by atoms with Gasteiger partial charge in [-0.15, -0.1) is 0 Å². The lowest BCUT2D eigenvalue weighted by Gasteiger charge is -2.27. The SMILES string of the molecule is COc1cc2c(cc1O)=CCC1=c3cc(OC)c(OC)cc3=CN(C)C=21. The molecule has 0 amide bonds. The number of benzene rings is 2. The molecule has 0 spiro atoms. The lowest BCUT2D eigenvalue weighted by Crippen LogP contribution is -2.42. The third-order valence-corrected chi connectivity index (χ3v) is 4.98. The molecule has 5 heteroatoms. The molecule has 1 aliphatic carbocycles. The first-order chi connectivity index (χ1) is 12.6. The predicted molar refractivity (Wildman–Crippen MR) is 101 cm³/mol. The minimum absolute atomic E-state index is 0.154. The second-order valence-corrected chi connectivity index (χ2v) is 6.38. The summed E-state index contributed by atoms with van der Waals surface area (Å²) in [7, 11) is 6.88. The average Bonchev–Trinajstić information content (AvgIpc) is 2.65. The molecular weight excluding hydrogens is 330 g/mol. The summed E-state index contributed by atoms with van der Waals surface area (Å²) in [5.74, 6) is 2.05. The number of ether oxygens (including phenoxy) is 3. The Bertz CT molecular complexity index is 1150. The molecule has 1 heterocycles. The van der Waals surface area contributed by atoms with Gasteiger partial charge in [-0.3, -0.25) is 0 Å². The molecule has 134 valence electrons. The Kier molecular flexibility index (Phi) is 3.80. The topological polar surface area (TPSA) is 51.2 Å². The van der Waals surface area contributed by atoms with Gasteiger partial charge in [-0.2, -0.15) is 0 Å². The highest BCUT2D eigenvalue weighted by Gasteiger charge is 2.20. The maximum absolute atomic E-state index is 10.1. The van der Waals surface area contributed by atoms with Gasteiger partial charge in [0.1, 0.15) is 0 Å². The maximum atomic E-state index is 10.1. The van der Waals surface area contributed by atoms with E-state index in [2.05, 4.69) is 17.2 Å². The number of hydrogen-bond donors (Lipinski definition) is 1. The summed E-state index contributed by atoms with van der Waals surface area (Å²) in [6.45, 7) is 0. The van der Waals surface area contributed by atoms with Crippen LogP contribution in [-0.2, 0) is 0 Å². The highest BCUT2D eigenvalue weighted by molar-refractivity contribution is 5.93. The van der Waals surface area contributed by atoms with Crippen molar-refractivity contribution in [2.45, 2.75) is 6.42 Å². The van der Waals surface area contributed by atoms with Crippen LogP contribution in [0, 0.1) is 0 Å². The summed E-state index contributed by atoms with van der Waals surface area (Å²) in [5, 5.41) is 14.4. The smallest absolute Gasteiger partial charge is 0.161 e. The number of methoxy groups -OCH3 is 3. The monoisotopic (exact) mass is 351 g/mol. The molecule has 1 aliphatic heterocycles. The van der Waals surface area contributed by atoms with Gasteiger partial charge in [0, 0.05) is 23.7 Å². The first kappa shape index (κ1) is 16.4. The summed E-state index contributed by atoms with van der Waals surface area (Å²) in [5.41, 5.74) is 2.33. The standard InChI is InChI=1S/C21H21NO4/c1-22-11-13-8-19(25-3)20(26-4)9-15(13)14-6-5-12-7-17(23)18(24-2)10-16(12)21(14)22/h5,7-11,23H,6H2,1-4H3. The van der Waals surface area contributed by atoms with E-state index in [4.69, 9.17) is 14.2 Å². The molecule has 0 saturated carbocycles. The number of nitrogens with zero attached hydrogens (tertiary/aromatic N) is 1. The Morgan fingerprint density at radius 1 is 0.846 bits per heavy atom. The van der Waals surface area contributed by atoms with E-state index >= 15 is 0 Å². The van der Waals surface area contributed by atoms with Gasteiger partial charge in [0.05, 0.1) is 27.0 Å². The van der Waals surface area contributed by atoms with Crippen LogP contribution in [0.4, 0.5) is 0 Å². The van der Waals surface area contributed by atoms with E-state index in [-0.39, 0.29) is 5.75 Å². The van der Waals surface area contributed by atoms with Crippen LogP contribution in [0.2, 0.25) is 0 Å². The number of rotatable bonds is 3. The van der Waals surface area contributed by atoms with Gasteiger partial charge in [0.25, 0.3) is 0 Å². The molecule has 1 N–H and O–H groups in total. The predicted octanol–water partition coefficient (Wildman–Crippen LogP) is 0.245. The molecule has 0 atom stereocenters. The van der Waals surface area contributed by atoms with Gasteiger partial charge in [-0.05, 0) is 46.7 Å². The number of aromatic hydroxyl groups is 1. The second kappa shape index (κ2) is 6.02. The second-order valence-electron chi connectivity index (χ2n) is 6.38. The summed E-state index contributed by atoms with van der Waals surface area (Å²) in [4.78, 5) is 2.12. The molecule has 0 unspecified atom stereocenters. The van der Waals surface area contributed by atoms with Crippen LogP contribution in [0.5, 0.6) is 23.0 Å². The van der Waals surface area contributed by atoms with E-state index in [1.54, 1.807) is 27.4 Å². The quantitative estimate of drug-likeness (QED) is 0.859. The van der Waals surface area contributed by atoms with Crippen molar-refractivity contribution in [3.63, 3.8) is 0 Å². The highest BCUT2D eigenvalue weighted by atomic mass is 16.5. The van der Waals surface area contributed by atoms with E-state index in [0.29, 0.717) is 17.2 Å². The van der Waals surface area contributed by atoms with Crippen LogP contribution < -0.4 is 35.1 Å². The Hall–Kier alpha value is -3.08. The van der Waals surface area contributed by atoms with Crippen LogP contribution >= 0.6 is 0 Å². The molecule has 0 aromatic heterocycles. The molecule has 26 heavy (non-hydrogen) atoms.